The van der Waals surface area contributed by atoms with E-state index in [4.69, 9.17) is 4.74 Å². The Morgan fingerprint density at radius 3 is 2.53 bits per heavy atom. The molecule has 0 amide bonds. The van der Waals surface area contributed by atoms with Crippen LogP contribution in [0.4, 0.5) is 0 Å². The van der Waals surface area contributed by atoms with Crippen molar-refractivity contribution in [2.75, 3.05) is 44.1 Å². The Morgan fingerprint density at radius 1 is 1.00 bits per heavy atom. The van der Waals surface area contributed by atoms with Gasteiger partial charge in [0.1, 0.15) is 0 Å². The van der Waals surface area contributed by atoms with Crippen molar-refractivity contribution < 1.29 is 13.2 Å². The smallest absolute Gasteiger partial charge is 0.243 e. The quantitative estimate of drug-likeness (QED) is 0.336. The van der Waals surface area contributed by atoms with Crippen molar-refractivity contribution >= 4 is 33.5 Å². The summed E-state index contributed by atoms with van der Waals surface area (Å²) in [4.78, 5) is 0.266. The lowest BCUT2D eigenvalue weighted by Crippen LogP contribution is -2.40. The average Bonchev–Trinajstić information content (AvgIpc) is 3.23. The average molecular weight is 491 g/mol. The van der Waals surface area contributed by atoms with Gasteiger partial charge in [-0.2, -0.15) is 16.1 Å². The Bertz CT molecular complexity index is 1130. The highest BCUT2D eigenvalue weighted by atomic mass is 32.2. The minimum Gasteiger partial charge on any atom is -0.379 e. The summed E-state index contributed by atoms with van der Waals surface area (Å²) in [6.45, 7) is 2.19. The predicted molar refractivity (Wildman–Crippen MR) is 130 cm³/mol. The van der Waals surface area contributed by atoms with E-state index in [9.17, 15) is 8.42 Å². The molecule has 2 heterocycles. The van der Waals surface area contributed by atoms with Gasteiger partial charge in [-0.05, 0) is 24.0 Å². The van der Waals surface area contributed by atoms with Gasteiger partial charge in [-0.3, -0.25) is 4.57 Å². The third-order valence-electron chi connectivity index (χ3n) is 5.12. The van der Waals surface area contributed by atoms with Gasteiger partial charge in [-0.1, -0.05) is 54.2 Å². The lowest BCUT2D eigenvalue weighted by molar-refractivity contribution is 0.0730. The number of ether oxygens (including phenoxy) is 1. The summed E-state index contributed by atoms with van der Waals surface area (Å²) in [6, 6.07) is 17.1. The van der Waals surface area contributed by atoms with Crippen LogP contribution >= 0.6 is 23.5 Å². The van der Waals surface area contributed by atoms with E-state index in [-0.39, 0.29) is 4.90 Å². The summed E-state index contributed by atoms with van der Waals surface area (Å²) < 4.78 is 35.2. The molecule has 0 spiro atoms. The molecule has 1 aliphatic heterocycles. The summed E-state index contributed by atoms with van der Waals surface area (Å²) in [5.74, 6) is 2.62. The van der Waals surface area contributed by atoms with E-state index < -0.39 is 10.0 Å². The number of morpholine rings is 1. The minimum atomic E-state index is -3.59. The van der Waals surface area contributed by atoms with Gasteiger partial charge in [0.2, 0.25) is 10.0 Å². The molecule has 7 nitrogen and oxygen atoms in total. The first-order valence-electron chi connectivity index (χ1n) is 10.4. The number of rotatable bonds is 9. The minimum absolute atomic E-state index is 0.266. The molecule has 2 aromatic carbocycles. The Kier molecular flexibility index (Phi) is 7.90. The zero-order valence-corrected chi connectivity index (χ0v) is 20.3. The van der Waals surface area contributed by atoms with E-state index in [1.165, 1.54) is 4.31 Å². The van der Waals surface area contributed by atoms with Gasteiger partial charge in [0, 0.05) is 30.2 Å². The molecule has 0 bridgehead atoms. The number of aromatic nitrogens is 3. The van der Waals surface area contributed by atoms with E-state index in [2.05, 4.69) is 33.2 Å². The maximum atomic E-state index is 13.1. The van der Waals surface area contributed by atoms with E-state index in [0.717, 1.165) is 27.8 Å². The SMILES string of the molecule is CSCCSc1nnc(-c2cccc(S(=O)(=O)N3CCOCC3)c2)n1Cc1ccccc1. The molecule has 1 saturated heterocycles. The molecule has 0 saturated carbocycles. The molecule has 170 valence electrons. The van der Waals surface area contributed by atoms with E-state index in [1.807, 2.05) is 24.3 Å². The molecule has 1 fully saturated rings. The first-order valence-corrected chi connectivity index (χ1v) is 14.2. The summed E-state index contributed by atoms with van der Waals surface area (Å²) in [7, 11) is -3.59. The monoisotopic (exact) mass is 490 g/mol. The molecular formula is C22H26N4O3S3. The van der Waals surface area contributed by atoms with Gasteiger partial charge in [0.15, 0.2) is 11.0 Å². The Morgan fingerprint density at radius 2 is 1.78 bits per heavy atom. The van der Waals surface area contributed by atoms with Crippen molar-refractivity contribution in [2.45, 2.75) is 16.6 Å². The normalized spacial score (nSPS) is 15.2. The molecule has 0 radical (unpaired) electrons. The second-order valence-electron chi connectivity index (χ2n) is 7.26. The van der Waals surface area contributed by atoms with Gasteiger partial charge >= 0.3 is 0 Å². The third-order valence-corrected chi connectivity index (χ3v) is 8.85. The number of benzene rings is 2. The molecule has 0 unspecified atom stereocenters. The van der Waals surface area contributed by atoms with Gasteiger partial charge in [-0.15, -0.1) is 10.2 Å². The van der Waals surface area contributed by atoms with Crippen LogP contribution < -0.4 is 0 Å². The van der Waals surface area contributed by atoms with Gasteiger partial charge < -0.3 is 4.74 Å². The van der Waals surface area contributed by atoms with Crippen molar-refractivity contribution in [3.8, 4) is 11.4 Å². The Labute approximate surface area is 197 Å². The van der Waals surface area contributed by atoms with Crippen LogP contribution in [0.3, 0.4) is 0 Å². The highest BCUT2D eigenvalue weighted by Gasteiger charge is 2.27. The molecule has 32 heavy (non-hydrogen) atoms. The van der Waals surface area contributed by atoms with E-state index >= 15 is 0 Å². The maximum Gasteiger partial charge on any atom is 0.243 e. The molecule has 0 atom stereocenters. The summed E-state index contributed by atoms with van der Waals surface area (Å²) >= 11 is 3.46. The summed E-state index contributed by atoms with van der Waals surface area (Å²) in [6.07, 6.45) is 2.08. The number of nitrogens with zero attached hydrogens (tertiary/aromatic N) is 4. The summed E-state index contributed by atoms with van der Waals surface area (Å²) in [5, 5.41) is 9.72. The van der Waals surface area contributed by atoms with Crippen molar-refractivity contribution in [3.05, 3.63) is 60.2 Å². The standard InChI is InChI=1S/C22H26N4O3S3/c1-30-14-15-31-22-24-23-21(26(22)17-18-6-3-2-4-7-18)19-8-5-9-20(16-19)32(27,28)25-10-12-29-13-11-25/h2-9,16H,10-15,17H2,1H3. The zero-order chi connectivity index (χ0) is 22.4. The molecule has 10 heteroatoms. The van der Waals surface area contributed by atoms with Gasteiger partial charge in [0.05, 0.1) is 24.7 Å². The summed E-state index contributed by atoms with van der Waals surface area (Å²) in [5.41, 5.74) is 1.87. The first-order chi connectivity index (χ1) is 15.6. The number of hydrogen-bond donors (Lipinski definition) is 0. The second kappa shape index (κ2) is 10.8. The van der Waals surface area contributed by atoms with Crippen molar-refractivity contribution in [1.82, 2.24) is 19.1 Å². The van der Waals surface area contributed by atoms with Crippen molar-refractivity contribution in [3.63, 3.8) is 0 Å². The second-order valence-corrected chi connectivity index (χ2v) is 11.2. The van der Waals surface area contributed by atoms with E-state index in [1.54, 1.807) is 41.7 Å². The predicted octanol–water partition coefficient (Wildman–Crippen LogP) is 3.47. The number of hydrogen-bond acceptors (Lipinski definition) is 7. The fraction of sp³-hybridized carbons (Fsp3) is 0.364. The highest BCUT2D eigenvalue weighted by Crippen LogP contribution is 2.28. The Balaban J connectivity index is 1.69. The topological polar surface area (TPSA) is 77.3 Å². The van der Waals surface area contributed by atoms with Crippen LogP contribution in [-0.4, -0.2) is 71.6 Å². The van der Waals surface area contributed by atoms with Gasteiger partial charge in [0.25, 0.3) is 0 Å². The fourth-order valence-corrected chi connectivity index (χ4v) is 6.51. The molecule has 3 aromatic rings. The van der Waals surface area contributed by atoms with Crippen LogP contribution in [-0.2, 0) is 21.3 Å². The van der Waals surface area contributed by atoms with Crippen LogP contribution in [0, 0.1) is 0 Å². The lowest BCUT2D eigenvalue weighted by Gasteiger charge is -2.26. The van der Waals surface area contributed by atoms with Crippen LogP contribution in [0.5, 0.6) is 0 Å². The third kappa shape index (κ3) is 5.37. The fourth-order valence-electron chi connectivity index (χ4n) is 3.47. The van der Waals surface area contributed by atoms with Crippen LogP contribution in [0.1, 0.15) is 5.56 Å². The van der Waals surface area contributed by atoms with Crippen molar-refractivity contribution in [1.29, 1.82) is 0 Å². The zero-order valence-electron chi connectivity index (χ0n) is 17.9. The van der Waals surface area contributed by atoms with Crippen LogP contribution in [0.2, 0.25) is 0 Å². The molecule has 1 aliphatic rings. The molecule has 4 rings (SSSR count). The molecular weight excluding hydrogens is 464 g/mol. The number of thioether (sulfide) groups is 2. The van der Waals surface area contributed by atoms with Crippen LogP contribution in [0.15, 0.2) is 64.6 Å². The lowest BCUT2D eigenvalue weighted by atomic mass is 10.2. The van der Waals surface area contributed by atoms with E-state index in [0.29, 0.717) is 38.7 Å². The maximum absolute atomic E-state index is 13.1. The van der Waals surface area contributed by atoms with Crippen molar-refractivity contribution in [2.24, 2.45) is 0 Å². The first kappa shape index (κ1) is 23.3. The molecule has 0 aliphatic carbocycles. The van der Waals surface area contributed by atoms with Crippen LogP contribution in [0.25, 0.3) is 11.4 Å². The Hall–Kier alpha value is -1.85. The van der Waals surface area contributed by atoms with Gasteiger partial charge in [-0.25, -0.2) is 8.42 Å². The largest absolute Gasteiger partial charge is 0.379 e. The molecule has 0 N–H and O–H groups in total. The molecule has 1 aromatic heterocycles. The number of sulfonamides is 1. The highest BCUT2D eigenvalue weighted by molar-refractivity contribution is 8.02.